The van der Waals surface area contributed by atoms with Crippen molar-refractivity contribution >= 4 is 0 Å². The summed E-state index contributed by atoms with van der Waals surface area (Å²) in [5.41, 5.74) is 0. The Kier molecular flexibility index (Phi) is 21.4. The lowest BCUT2D eigenvalue weighted by atomic mass is 9.87. The maximum absolute atomic E-state index is 6.11. The molecule has 0 heterocycles. The number of ether oxygens (including phenoxy) is 5. The fourth-order valence-corrected chi connectivity index (χ4v) is 3.26. The maximum Gasteiger partial charge on any atom is 0.160 e. The highest BCUT2D eigenvalue weighted by Gasteiger charge is 2.24. The lowest BCUT2D eigenvalue weighted by molar-refractivity contribution is -0.189. The minimum absolute atomic E-state index is 0.179. The summed E-state index contributed by atoms with van der Waals surface area (Å²) in [4.78, 5) is 0. The summed E-state index contributed by atoms with van der Waals surface area (Å²) in [7, 11) is 0. The van der Waals surface area contributed by atoms with Gasteiger partial charge in [0.2, 0.25) is 0 Å². The van der Waals surface area contributed by atoms with Crippen LogP contribution in [0.1, 0.15) is 79.6 Å². The van der Waals surface area contributed by atoms with Gasteiger partial charge in [0.25, 0.3) is 0 Å². The molecule has 0 aromatic carbocycles. The zero-order chi connectivity index (χ0) is 20.9. The van der Waals surface area contributed by atoms with Crippen LogP contribution in [0.15, 0.2) is 0 Å². The minimum atomic E-state index is -0.179. The Hall–Kier alpha value is -0.200. The van der Waals surface area contributed by atoms with Gasteiger partial charge in [0, 0.05) is 19.1 Å². The van der Waals surface area contributed by atoms with Gasteiger partial charge in [-0.1, -0.05) is 53.4 Å². The molecule has 0 rings (SSSR count). The van der Waals surface area contributed by atoms with Gasteiger partial charge < -0.3 is 23.7 Å². The first kappa shape index (κ1) is 27.8. The molecule has 170 valence electrons. The molecule has 0 saturated heterocycles. The van der Waals surface area contributed by atoms with Crippen LogP contribution in [0, 0.1) is 11.8 Å². The van der Waals surface area contributed by atoms with E-state index in [-0.39, 0.29) is 6.29 Å². The Morgan fingerprint density at radius 2 is 1.21 bits per heavy atom. The van der Waals surface area contributed by atoms with Gasteiger partial charge in [0.1, 0.15) is 0 Å². The van der Waals surface area contributed by atoms with Crippen LogP contribution in [-0.2, 0) is 23.7 Å². The van der Waals surface area contributed by atoms with Crippen LogP contribution in [0.25, 0.3) is 0 Å². The summed E-state index contributed by atoms with van der Waals surface area (Å²) in [6.45, 7) is 16.0. The van der Waals surface area contributed by atoms with Gasteiger partial charge in [-0.25, -0.2) is 0 Å². The van der Waals surface area contributed by atoms with E-state index in [1.165, 1.54) is 32.1 Å². The average molecular weight is 405 g/mol. The van der Waals surface area contributed by atoms with Crippen molar-refractivity contribution in [3.05, 3.63) is 0 Å². The standard InChI is InChI=1S/C23H48O5/c1-6-11-12-21(8-3)20-22(9-4)23(27-18-16-25-13-7-2)28-19-17-26-15-14-24-10-5/h21-23H,6-20H2,1-5H3. The molecule has 0 aliphatic rings. The maximum atomic E-state index is 6.11. The van der Waals surface area contributed by atoms with Gasteiger partial charge in [-0.3, -0.25) is 0 Å². The molecule has 28 heavy (non-hydrogen) atoms. The lowest BCUT2D eigenvalue weighted by Gasteiger charge is -2.29. The van der Waals surface area contributed by atoms with Crippen molar-refractivity contribution in [2.75, 3.05) is 52.9 Å². The van der Waals surface area contributed by atoms with E-state index in [1.54, 1.807) is 0 Å². The van der Waals surface area contributed by atoms with Crippen molar-refractivity contribution in [3.8, 4) is 0 Å². The van der Waals surface area contributed by atoms with Crippen LogP contribution < -0.4 is 0 Å². The molecule has 0 aliphatic heterocycles. The molecule has 0 bridgehead atoms. The first-order chi connectivity index (χ1) is 13.7. The van der Waals surface area contributed by atoms with Crippen LogP contribution in [0.4, 0.5) is 0 Å². The Bertz CT molecular complexity index is 301. The molecule has 3 atom stereocenters. The molecule has 0 aliphatic carbocycles. The second kappa shape index (κ2) is 21.5. The summed E-state index contributed by atoms with van der Waals surface area (Å²) in [5, 5.41) is 0. The molecular formula is C23H48O5. The van der Waals surface area contributed by atoms with E-state index in [1.807, 2.05) is 6.92 Å². The predicted octanol–water partition coefficient (Wildman–Crippen LogP) is 5.46. The van der Waals surface area contributed by atoms with Crippen molar-refractivity contribution in [3.63, 3.8) is 0 Å². The largest absolute Gasteiger partial charge is 0.379 e. The third-order valence-corrected chi connectivity index (χ3v) is 5.03. The zero-order valence-corrected chi connectivity index (χ0v) is 19.4. The molecule has 5 heteroatoms. The fraction of sp³-hybridized carbons (Fsp3) is 1.00. The smallest absolute Gasteiger partial charge is 0.160 e. The molecule has 0 spiro atoms. The summed E-state index contributed by atoms with van der Waals surface area (Å²) >= 11 is 0. The van der Waals surface area contributed by atoms with Crippen LogP contribution in [-0.4, -0.2) is 59.1 Å². The number of hydrogen-bond donors (Lipinski definition) is 0. The second-order valence-corrected chi connectivity index (χ2v) is 7.35. The SMILES string of the molecule is CCCCC(CC)CC(CC)C(OCCOCCC)OCCOCCOCC. The first-order valence-electron chi connectivity index (χ1n) is 11.7. The monoisotopic (exact) mass is 404 g/mol. The molecular weight excluding hydrogens is 356 g/mol. The Morgan fingerprint density at radius 3 is 1.75 bits per heavy atom. The summed E-state index contributed by atoms with van der Waals surface area (Å²) in [6.07, 6.45) is 8.18. The van der Waals surface area contributed by atoms with Crippen molar-refractivity contribution in [2.24, 2.45) is 11.8 Å². The van der Waals surface area contributed by atoms with E-state index >= 15 is 0 Å². The predicted molar refractivity (Wildman–Crippen MR) is 116 cm³/mol. The van der Waals surface area contributed by atoms with Gasteiger partial charge >= 0.3 is 0 Å². The fourth-order valence-electron chi connectivity index (χ4n) is 3.26. The first-order valence-corrected chi connectivity index (χ1v) is 11.7. The highest BCUT2D eigenvalue weighted by molar-refractivity contribution is 4.69. The number of unbranched alkanes of at least 4 members (excludes halogenated alkanes) is 1. The molecule has 0 saturated carbocycles. The summed E-state index contributed by atoms with van der Waals surface area (Å²) < 4.78 is 28.7. The number of rotatable bonds is 22. The quantitative estimate of drug-likeness (QED) is 0.177. The van der Waals surface area contributed by atoms with Crippen LogP contribution >= 0.6 is 0 Å². The molecule has 0 fully saturated rings. The number of hydrogen-bond acceptors (Lipinski definition) is 5. The Labute approximate surface area is 174 Å². The second-order valence-electron chi connectivity index (χ2n) is 7.35. The highest BCUT2D eigenvalue weighted by atomic mass is 16.7. The molecule has 0 aromatic rings. The average Bonchev–Trinajstić information content (AvgIpc) is 2.72. The topological polar surface area (TPSA) is 46.2 Å². The van der Waals surface area contributed by atoms with Gasteiger partial charge in [-0.05, 0) is 32.1 Å². The van der Waals surface area contributed by atoms with Crippen molar-refractivity contribution in [1.82, 2.24) is 0 Å². The van der Waals surface area contributed by atoms with Crippen molar-refractivity contribution < 1.29 is 23.7 Å². The molecule has 3 unspecified atom stereocenters. The van der Waals surface area contributed by atoms with E-state index in [2.05, 4.69) is 27.7 Å². The molecule has 0 N–H and O–H groups in total. The van der Waals surface area contributed by atoms with E-state index < -0.39 is 0 Å². The summed E-state index contributed by atoms with van der Waals surface area (Å²) in [6, 6.07) is 0. The van der Waals surface area contributed by atoms with E-state index in [9.17, 15) is 0 Å². The molecule has 5 nitrogen and oxygen atoms in total. The van der Waals surface area contributed by atoms with Gasteiger partial charge in [-0.15, -0.1) is 0 Å². The normalized spacial score (nSPS) is 14.9. The third-order valence-electron chi connectivity index (χ3n) is 5.03. The van der Waals surface area contributed by atoms with Crippen LogP contribution in [0.3, 0.4) is 0 Å². The summed E-state index contributed by atoms with van der Waals surface area (Å²) in [5.74, 6) is 1.16. The van der Waals surface area contributed by atoms with Crippen molar-refractivity contribution in [1.29, 1.82) is 0 Å². The van der Waals surface area contributed by atoms with Gasteiger partial charge in [0.15, 0.2) is 6.29 Å². The van der Waals surface area contributed by atoms with E-state index in [0.29, 0.717) is 45.6 Å². The third kappa shape index (κ3) is 15.7. The molecule has 0 amide bonds. The van der Waals surface area contributed by atoms with Gasteiger partial charge in [-0.2, -0.15) is 0 Å². The minimum Gasteiger partial charge on any atom is -0.379 e. The van der Waals surface area contributed by atoms with Crippen LogP contribution in [0.5, 0.6) is 0 Å². The highest BCUT2D eigenvalue weighted by Crippen LogP contribution is 2.27. The Balaban J connectivity index is 4.46. The Morgan fingerprint density at radius 1 is 0.607 bits per heavy atom. The molecule has 0 radical (unpaired) electrons. The lowest BCUT2D eigenvalue weighted by Crippen LogP contribution is -2.31. The van der Waals surface area contributed by atoms with E-state index in [4.69, 9.17) is 23.7 Å². The van der Waals surface area contributed by atoms with Crippen molar-refractivity contribution in [2.45, 2.75) is 85.9 Å². The molecule has 0 aromatic heterocycles. The zero-order valence-electron chi connectivity index (χ0n) is 19.4. The van der Waals surface area contributed by atoms with Gasteiger partial charge in [0.05, 0.1) is 39.6 Å². The van der Waals surface area contributed by atoms with Crippen LogP contribution in [0.2, 0.25) is 0 Å². The van der Waals surface area contributed by atoms with E-state index in [0.717, 1.165) is 32.0 Å².